The Hall–Kier alpha value is -5.14. The quantitative estimate of drug-likeness (QED) is 0.127. The number of methoxy groups -OCH3 is 2. The smallest absolute Gasteiger partial charge is 0.242 e. The van der Waals surface area contributed by atoms with Crippen molar-refractivity contribution in [3.05, 3.63) is 96.3 Å². The van der Waals surface area contributed by atoms with Gasteiger partial charge in [-0.15, -0.1) is 10.2 Å². The molecule has 60 heavy (non-hydrogen) atoms. The van der Waals surface area contributed by atoms with Gasteiger partial charge >= 0.3 is 0 Å². The first-order valence-electron chi connectivity index (χ1n) is 21.6. The van der Waals surface area contributed by atoms with E-state index < -0.39 is 23.4 Å². The molecule has 6 aliphatic heterocycles. The molecule has 9 heterocycles. The highest BCUT2D eigenvalue weighted by Crippen LogP contribution is 2.49. The van der Waals surface area contributed by atoms with Crippen LogP contribution < -0.4 is 18.9 Å². The Labute approximate surface area is 350 Å². The van der Waals surface area contributed by atoms with Gasteiger partial charge in [0.05, 0.1) is 59.3 Å². The molecule has 0 radical (unpaired) electrons. The summed E-state index contributed by atoms with van der Waals surface area (Å²) >= 11 is 0. The lowest BCUT2D eigenvalue weighted by Gasteiger charge is -2.55. The third-order valence-corrected chi connectivity index (χ3v) is 14.6. The normalized spacial score (nSPS) is 29.4. The number of hydrogen-bond donors (Lipinski definition) is 2. The largest absolute Gasteiger partial charge is 0.497 e. The summed E-state index contributed by atoms with van der Waals surface area (Å²) in [6, 6.07) is 24.0. The molecule has 6 aliphatic rings. The van der Waals surface area contributed by atoms with Crippen molar-refractivity contribution < 1.29 is 29.2 Å². The predicted octanol–water partition coefficient (Wildman–Crippen LogP) is 7.45. The number of benzene rings is 3. The molecular weight excluding hydrogens is 757 g/mol. The zero-order valence-electron chi connectivity index (χ0n) is 34.8. The van der Waals surface area contributed by atoms with E-state index in [1.54, 1.807) is 14.2 Å². The first kappa shape index (κ1) is 39.0. The van der Waals surface area contributed by atoms with E-state index in [9.17, 15) is 10.2 Å². The summed E-state index contributed by atoms with van der Waals surface area (Å²) in [6.45, 7) is 7.13. The van der Waals surface area contributed by atoms with E-state index in [4.69, 9.17) is 39.1 Å². The van der Waals surface area contributed by atoms with Crippen molar-refractivity contribution in [3.63, 3.8) is 0 Å². The summed E-state index contributed by atoms with van der Waals surface area (Å²) in [5.74, 6) is 2.63. The second-order valence-electron chi connectivity index (χ2n) is 17.4. The fraction of sp³-hybridized carbons (Fsp3) is 0.458. The maximum atomic E-state index is 11.7. The minimum Gasteiger partial charge on any atom is -0.497 e. The molecule has 0 spiro atoms. The molecule has 0 saturated carbocycles. The van der Waals surface area contributed by atoms with Gasteiger partial charge < -0.3 is 29.2 Å². The van der Waals surface area contributed by atoms with Gasteiger partial charge in [-0.05, 0) is 118 Å². The number of hydrogen-bond acceptors (Lipinski definition) is 12. The average molecular weight is 811 g/mol. The average Bonchev–Trinajstić information content (AvgIpc) is 3.30. The van der Waals surface area contributed by atoms with Gasteiger partial charge in [-0.3, -0.25) is 19.8 Å². The minimum absolute atomic E-state index is 0.0151. The van der Waals surface area contributed by atoms with E-state index in [2.05, 4.69) is 29.7 Å². The number of rotatable bonds is 12. The molecule has 10 unspecified atom stereocenters. The first-order valence-corrected chi connectivity index (χ1v) is 21.6. The number of aromatic nitrogens is 4. The van der Waals surface area contributed by atoms with Crippen molar-refractivity contribution in [2.24, 2.45) is 11.8 Å². The number of aliphatic hydroxyl groups is 2. The molecule has 2 N–H and O–H groups in total. The molecule has 12 heteroatoms. The maximum Gasteiger partial charge on any atom is 0.242 e. The van der Waals surface area contributed by atoms with Crippen molar-refractivity contribution in [2.45, 2.75) is 87.9 Å². The lowest BCUT2D eigenvalue weighted by Crippen LogP contribution is -2.64. The third kappa shape index (κ3) is 6.59. The Morgan fingerprint density at radius 1 is 0.633 bits per heavy atom. The highest BCUT2D eigenvalue weighted by atomic mass is 16.5. The topological polar surface area (TPSA) is 135 Å². The molecule has 6 fully saturated rings. The highest BCUT2D eigenvalue weighted by molar-refractivity contribution is 5.91. The van der Waals surface area contributed by atoms with E-state index >= 15 is 0 Å². The number of pyridine rings is 2. The van der Waals surface area contributed by atoms with Crippen LogP contribution in [0.2, 0.25) is 0 Å². The van der Waals surface area contributed by atoms with Crippen LogP contribution in [-0.2, 0) is 0 Å². The fourth-order valence-corrected chi connectivity index (χ4v) is 11.1. The van der Waals surface area contributed by atoms with E-state index in [0.29, 0.717) is 37.7 Å². The van der Waals surface area contributed by atoms with Crippen molar-refractivity contribution in [1.82, 2.24) is 30.0 Å². The lowest BCUT2D eigenvalue weighted by molar-refractivity contribution is -0.151. The van der Waals surface area contributed by atoms with Gasteiger partial charge in [-0.25, -0.2) is 0 Å². The molecule has 12 rings (SSSR count). The molecule has 0 amide bonds. The number of ether oxygens (including phenoxy) is 4. The van der Waals surface area contributed by atoms with Crippen LogP contribution in [0.5, 0.6) is 23.3 Å². The summed E-state index contributed by atoms with van der Waals surface area (Å²) in [6.07, 6.45) is 7.69. The molecule has 0 aliphatic carbocycles. The van der Waals surface area contributed by atoms with Crippen LogP contribution in [0.1, 0.15) is 75.7 Å². The molecule has 4 bridgehead atoms. The van der Waals surface area contributed by atoms with Crippen LogP contribution >= 0.6 is 0 Å². The van der Waals surface area contributed by atoms with E-state index in [1.165, 1.54) is 0 Å². The lowest BCUT2D eigenvalue weighted by atomic mass is 9.69. The summed E-state index contributed by atoms with van der Waals surface area (Å²) in [4.78, 5) is 14.2. The monoisotopic (exact) mass is 810 g/mol. The van der Waals surface area contributed by atoms with Crippen molar-refractivity contribution >= 4 is 32.6 Å². The Balaban J connectivity index is 1.06. The van der Waals surface area contributed by atoms with Crippen LogP contribution in [0.4, 0.5) is 0 Å². The van der Waals surface area contributed by atoms with Gasteiger partial charge in [0.15, 0.2) is 0 Å². The Morgan fingerprint density at radius 3 is 1.67 bits per heavy atom. The molecule has 6 saturated heterocycles. The second-order valence-corrected chi connectivity index (χ2v) is 17.4. The third-order valence-electron chi connectivity index (χ3n) is 14.6. The standard InChI is InChI=1S/C48H54N6O6/c1-5-47(55)27-53-21-17-29(47)23-41(53)43(34-15-20-50-40-26-32(58-4)11-13-33(34)40)59-45-36-9-7-8-10-37(36)46(52-51-45)60-44(42-24-30-18-22-54(42)28-48(30,56)6-2)35-16-19-49-39-14-12-31(57-3)25-38(35)39/h7-16,19-20,25-26,29-30,41-44,55-56H,5-6,17-18,21-24,27-28H2,1-4H3. The molecule has 3 aromatic carbocycles. The Kier molecular flexibility index (Phi) is 10.0. The van der Waals surface area contributed by atoms with Gasteiger partial charge in [0.2, 0.25) is 11.8 Å². The molecule has 12 nitrogen and oxygen atoms in total. The zero-order chi connectivity index (χ0) is 41.2. The summed E-state index contributed by atoms with van der Waals surface area (Å²) in [7, 11) is 3.34. The summed E-state index contributed by atoms with van der Waals surface area (Å²) < 4.78 is 25.7. The number of piperidine rings is 6. The van der Waals surface area contributed by atoms with Gasteiger partial charge in [0, 0.05) is 53.4 Å². The predicted molar refractivity (Wildman–Crippen MR) is 230 cm³/mol. The van der Waals surface area contributed by atoms with Crippen molar-refractivity contribution in [2.75, 3.05) is 40.4 Å². The van der Waals surface area contributed by atoms with Gasteiger partial charge in [-0.2, -0.15) is 0 Å². The van der Waals surface area contributed by atoms with Crippen molar-refractivity contribution in [1.29, 1.82) is 0 Å². The van der Waals surface area contributed by atoms with Gasteiger partial charge in [0.25, 0.3) is 0 Å². The van der Waals surface area contributed by atoms with E-state index in [-0.39, 0.29) is 23.9 Å². The molecule has 3 aromatic heterocycles. The van der Waals surface area contributed by atoms with Crippen molar-refractivity contribution in [3.8, 4) is 23.3 Å². The Bertz CT molecular complexity index is 2560. The first-order chi connectivity index (χ1) is 29.2. The minimum atomic E-state index is -0.722. The number of fused-ring (bicyclic) bond motifs is 9. The van der Waals surface area contributed by atoms with Crippen LogP contribution in [0.3, 0.4) is 0 Å². The zero-order valence-corrected chi connectivity index (χ0v) is 34.8. The fourth-order valence-electron chi connectivity index (χ4n) is 11.1. The summed E-state index contributed by atoms with van der Waals surface area (Å²) in [5, 5.41) is 36.6. The van der Waals surface area contributed by atoms with Gasteiger partial charge in [0.1, 0.15) is 23.7 Å². The molecule has 10 atom stereocenters. The second kappa shape index (κ2) is 15.4. The maximum absolute atomic E-state index is 11.7. The van der Waals surface area contributed by atoms with Crippen LogP contribution in [0, 0.1) is 11.8 Å². The molecular formula is C48H54N6O6. The summed E-state index contributed by atoms with van der Waals surface area (Å²) in [5.41, 5.74) is 2.21. The van der Waals surface area contributed by atoms with Crippen LogP contribution in [-0.4, -0.2) is 104 Å². The van der Waals surface area contributed by atoms with E-state index in [1.807, 2.05) is 79.1 Å². The highest BCUT2D eigenvalue weighted by Gasteiger charge is 2.52. The SMILES string of the molecule is CCC1(O)CN2CCC1CC2C(Oc1nnc(OC(c2ccnc3ccc(OC)cc23)C2CC3CCN2CC3(O)CC)c2ccccc12)c1ccnc2cc(OC)ccc12. The molecule has 6 aromatic rings. The van der Waals surface area contributed by atoms with Crippen LogP contribution in [0.25, 0.3) is 32.6 Å². The van der Waals surface area contributed by atoms with Crippen LogP contribution in [0.15, 0.2) is 85.2 Å². The Morgan fingerprint density at radius 2 is 1.15 bits per heavy atom. The number of nitrogens with zero attached hydrogens (tertiary/aromatic N) is 6. The van der Waals surface area contributed by atoms with E-state index in [0.717, 1.165) is 94.0 Å². The van der Waals surface area contributed by atoms with Gasteiger partial charge in [-0.1, -0.05) is 26.0 Å². The molecule has 312 valence electrons.